The Morgan fingerprint density at radius 1 is 0.591 bits per heavy atom. The average molecular weight is 314 g/mol. The van der Waals surface area contributed by atoms with Crippen molar-refractivity contribution in [3.63, 3.8) is 0 Å². The monoisotopic (exact) mass is 314 g/mol. The van der Waals surface area contributed by atoms with Gasteiger partial charge in [0.15, 0.2) is 0 Å². The molecule has 22 heavy (non-hydrogen) atoms. The van der Waals surface area contributed by atoms with Crippen molar-refractivity contribution in [1.82, 2.24) is 0 Å². The van der Waals surface area contributed by atoms with Gasteiger partial charge in [0, 0.05) is 19.3 Å². The van der Waals surface area contributed by atoms with Crippen LogP contribution in [0.25, 0.3) is 0 Å². The first kappa shape index (κ1) is 20.8. The molecule has 0 spiro atoms. The fourth-order valence-corrected chi connectivity index (χ4v) is 2.46. The first-order valence-corrected chi connectivity index (χ1v) is 8.89. The quantitative estimate of drug-likeness (QED) is 0.260. The molecule has 0 saturated heterocycles. The van der Waals surface area contributed by atoms with Gasteiger partial charge in [0.1, 0.15) is 11.5 Å². The summed E-state index contributed by atoms with van der Waals surface area (Å²) in [5.74, 6) is -0.444. The van der Waals surface area contributed by atoms with E-state index in [0.717, 1.165) is 44.9 Å². The van der Waals surface area contributed by atoms with E-state index in [9.17, 15) is 15.0 Å². The molecule has 3 N–H and O–H groups in total. The molecule has 0 aliphatic carbocycles. The molecule has 0 heterocycles. The molecule has 4 nitrogen and oxygen atoms in total. The van der Waals surface area contributed by atoms with Gasteiger partial charge < -0.3 is 15.3 Å². The first-order chi connectivity index (χ1) is 10.6. The number of unbranched alkanes of at least 4 members (excludes halogenated alkanes) is 9. The summed E-state index contributed by atoms with van der Waals surface area (Å²) in [6.45, 7) is 2.19. The molecule has 0 atom stereocenters. The Balaban J connectivity index is 3.53. The average Bonchev–Trinajstić information content (AvgIpc) is 2.49. The van der Waals surface area contributed by atoms with Crippen molar-refractivity contribution in [2.75, 3.05) is 0 Å². The van der Waals surface area contributed by atoms with Crippen molar-refractivity contribution >= 4 is 5.97 Å². The van der Waals surface area contributed by atoms with E-state index in [-0.39, 0.29) is 17.9 Å². The number of rotatable bonds is 15. The van der Waals surface area contributed by atoms with Crippen LogP contribution in [0.4, 0.5) is 0 Å². The molecule has 0 aromatic rings. The first-order valence-electron chi connectivity index (χ1n) is 8.89. The minimum Gasteiger partial charge on any atom is -0.509 e. The highest BCUT2D eigenvalue weighted by atomic mass is 16.4. The Kier molecular flexibility index (Phi) is 13.9. The lowest BCUT2D eigenvalue weighted by Gasteiger charge is -2.06. The highest BCUT2D eigenvalue weighted by Crippen LogP contribution is 2.16. The Morgan fingerprint density at radius 3 is 1.36 bits per heavy atom. The zero-order valence-electron chi connectivity index (χ0n) is 14.1. The number of aliphatic carboxylic acids is 1. The van der Waals surface area contributed by atoms with Crippen LogP contribution in [-0.2, 0) is 4.79 Å². The van der Waals surface area contributed by atoms with Gasteiger partial charge in [-0.3, -0.25) is 4.79 Å². The van der Waals surface area contributed by atoms with Crippen LogP contribution in [0.2, 0.25) is 0 Å². The number of carboxylic acids is 1. The molecule has 0 bridgehead atoms. The second kappa shape index (κ2) is 14.7. The molecule has 0 rings (SSSR count). The van der Waals surface area contributed by atoms with Gasteiger partial charge in [0.2, 0.25) is 0 Å². The van der Waals surface area contributed by atoms with Crippen LogP contribution < -0.4 is 0 Å². The summed E-state index contributed by atoms with van der Waals surface area (Å²) in [5, 5.41) is 28.1. The molecule has 0 aliphatic heterocycles. The van der Waals surface area contributed by atoms with Crippen molar-refractivity contribution < 1.29 is 20.1 Å². The Bertz CT molecular complexity index is 310. The molecule has 0 amide bonds. The summed E-state index contributed by atoms with van der Waals surface area (Å²) in [6, 6.07) is 0. The minimum absolute atomic E-state index is 0.138. The molecule has 0 radical (unpaired) electrons. The van der Waals surface area contributed by atoms with E-state index in [1.54, 1.807) is 0 Å². The predicted molar refractivity (Wildman–Crippen MR) is 90.2 cm³/mol. The smallest absolute Gasteiger partial charge is 0.303 e. The number of allylic oxidation sites excluding steroid dienone is 2. The zero-order valence-corrected chi connectivity index (χ0v) is 14.1. The summed E-state index contributed by atoms with van der Waals surface area (Å²) < 4.78 is 0. The van der Waals surface area contributed by atoms with E-state index in [2.05, 4.69) is 6.92 Å². The van der Waals surface area contributed by atoms with Crippen LogP contribution >= 0.6 is 0 Å². The second-order valence-electron chi connectivity index (χ2n) is 6.07. The van der Waals surface area contributed by atoms with Crippen molar-refractivity contribution in [3.8, 4) is 0 Å². The molecule has 0 aliphatic rings. The van der Waals surface area contributed by atoms with Gasteiger partial charge in [0.05, 0.1) is 0 Å². The maximum absolute atomic E-state index is 10.3. The van der Waals surface area contributed by atoms with Crippen LogP contribution in [0.1, 0.15) is 96.8 Å². The van der Waals surface area contributed by atoms with Crippen LogP contribution in [0.5, 0.6) is 0 Å². The van der Waals surface area contributed by atoms with Crippen molar-refractivity contribution in [2.24, 2.45) is 0 Å². The maximum Gasteiger partial charge on any atom is 0.303 e. The van der Waals surface area contributed by atoms with Crippen LogP contribution in [0, 0.1) is 0 Å². The Hall–Kier alpha value is -1.19. The van der Waals surface area contributed by atoms with Gasteiger partial charge in [-0.1, -0.05) is 58.3 Å². The van der Waals surface area contributed by atoms with E-state index in [0.29, 0.717) is 12.8 Å². The fraction of sp³-hybridized carbons (Fsp3) is 0.833. The number of carbonyl (C=O) groups is 1. The van der Waals surface area contributed by atoms with Gasteiger partial charge in [-0.2, -0.15) is 0 Å². The topological polar surface area (TPSA) is 77.8 Å². The van der Waals surface area contributed by atoms with E-state index in [1.807, 2.05) is 0 Å². The Morgan fingerprint density at radius 2 is 0.955 bits per heavy atom. The SMILES string of the molecule is CCCCCCCCC(O)=C(O)CCCCCCCC(=O)O. The van der Waals surface area contributed by atoms with Crippen LogP contribution in [-0.4, -0.2) is 21.3 Å². The summed E-state index contributed by atoms with van der Waals surface area (Å²) >= 11 is 0. The number of hydrogen-bond acceptors (Lipinski definition) is 3. The second-order valence-corrected chi connectivity index (χ2v) is 6.07. The highest BCUT2D eigenvalue weighted by Gasteiger charge is 2.04. The van der Waals surface area contributed by atoms with Gasteiger partial charge >= 0.3 is 5.97 Å². The van der Waals surface area contributed by atoms with Crippen LogP contribution in [0.15, 0.2) is 11.5 Å². The molecule has 0 aromatic heterocycles. The highest BCUT2D eigenvalue weighted by molar-refractivity contribution is 5.66. The molecule has 0 aromatic carbocycles. The molecular formula is C18H34O4. The molecule has 0 saturated carbocycles. The van der Waals surface area contributed by atoms with E-state index in [1.165, 1.54) is 25.7 Å². The van der Waals surface area contributed by atoms with Gasteiger partial charge in [-0.25, -0.2) is 0 Å². The van der Waals surface area contributed by atoms with Crippen molar-refractivity contribution in [2.45, 2.75) is 96.8 Å². The number of hydrogen-bond donors (Lipinski definition) is 3. The largest absolute Gasteiger partial charge is 0.509 e. The number of carboxylic acid groups (broad SMARTS) is 1. The molecule has 0 fully saturated rings. The lowest BCUT2D eigenvalue weighted by atomic mass is 10.1. The standard InChI is InChI=1S/C18H34O4/c1-2-3-4-5-7-10-13-16(19)17(20)14-11-8-6-9-12-15-18(21)22/h19-20H,2-15H2,1H3,(H,21,22). The number of aliphatic hydroxyl groups is 2. The summed E-state index contributed by atoms with van der Waals surface area (Å²) in [5.41, 5.74) is 0. The summed E-state index contributed by atoms with van der Waals surface area (Å²) in [7, 11) is 0. The van der Waals surface area contributed by atoms with Crippen molar-refractivity contribution in [3.05, 3.63) is 11.5 Å². The lowest BCUT2D eigenvalue weighted by molar-refractivity contribution is -0.137. The van der Waals surface area contributed by atoms with E-state index >= 15 is 0 Å². The third-order valence-corrected chi connectivity index (χ3v) is 3.90. The van der Waals surface area contributed by atoms with Gasteiger partial charge in [-0.05, 0) is 19.3 Å². The van der Waals surface area contributed by atoms with E-state index < -0.39 is 5.97 Å². The predicted octanol–water partition coefficient (Wildman–Crippen LogP) is 5.88. The molecule has 0 unspecified atom stereocenters. The van der Waals surface area contributed by atoms with Gasteiger partial charge in [0.25, 0.3) is 0 Å². The molecular weight excluding hydrogens is 280 g/mol. The zero-order chi connectivity index (χ0) is 16.6. The van der Waals surface area contributed by atoms with Crippen molar-refractivity contribution in [1.29, 1.82) is 0 Å². The fourth-order valence-electron chi connectivity index (χ4n) is 2.46. The normalized spacial score (nSPS) is 12.2. The lowest BCUT2D eigenvalue weighted by Crippen LogP contribution is -1.94. The minimum atomic E-state index is -0.736. The van der Waals surface area contributed by atoms with Gasteiger partial charge in [-0.15, -0.1) is 0 Å². The van der Waals surface area contributed by atoms with E-state index in [4.69, 9.17) is 5.11 Å². The summed E-state index contributed by atoms with van der Waals surface area (Å²) in [4.78, 5) is 10.3. The third kappa shape index (κ3) is 13.8. The third-order valence-electron chi connectivity index (χ3n) is 3.90. The maximum atomic E-state index is 10.3. The van der Waals surface area contributed by atoms with Crippen LogP contribution in [0.3, 0.4) is 0 Å². The number of aliphatic hydroxyl groups excluding tert-OH is 2. The molecule has 4 heteroatoms. The summed E-state index contributed by atoms with van der Waals surface area (Å²) in [6.07, 6.45) is 12.8. The molecule has 130 valence electrons. The Labute approximate surface area is 135 Å².